The third-order valence-corrected chi connectivity index (χ3v) is 7.97. The summed E-state index contributed by atoms with van der Waals surface area (Å²) >= 11 is 9.27. The zero-order chi connectivity index (χ0) is 21.0. The highest BCUT2D eigenvalue weighted by molar-refractivity contribution is 9.10. The van der Waals surface area contributed by atoms with Crippen molar-refractivity contribution in [2.75, 3.05) is 19.6 Å². The quantitative estimate of drug-likeness (QED) is 0.588. The lowest BCUT2D eigenvalue weighted by Gasteiger charge is -2.30. The van der Waals surface area contributed by atoms with E-state index in [9.17, 15) is 13.2 Å². The first-order valence-electron chi connectivity index (χ1n) is 9.50. The van der Waals surface area contributed by atoms with E-state index in [2.05, 4.69) is 26.3 Å². The maximum absolute atomic E-state index is 12.7. The van der Waals surface area contributed by atoms with Crippen LogP contribution in [-0.2, 0) is 21.4 Å². The number of benzene rings is 1. The van der Waals surface area contributed by atoms with Crippen molar-refractivity contribution < 1.29 is 13.2 Å². The zero-order valence-electron chi connectivity index (χ0n) is 16.1. The smallest absolute Gasteiger partial charge is 0.243 e. The summed E-state index contributed by atoms with van der Waals surface area (Å²) in [7, 11) is -3.55. The summed E-state index contributed by atoms with van der Waals surface area (Å²) in [6.45, 7) is 3.90. The first-order chi connectivity index (χ1) is 13.8. The highest BCUT2D eigenvalue weighted by Crippen LogP contribution is 2.25. The average Bonchev–Trinajstić information content (AvgIpc) is 3.03. The molecular formula is C19H24BrClN4O3S. The molecule has 29 heavy (non-hydrogen) atoms. The van der Waals surface area contributed by atoms with E-state index in [1.54, 1.807) is 12.1 Å². The maximum Gasteiger partial charge on any atom is 0.243 e. The van der Waals surface area contributed by atoms with Crippen molar-refractivity contribution in [1.29, 1.82) is 0 Å². The molecule has 1 N–H and O–H groups in total. The summed E-state index contributed by atoms with van der Waals surface area (Å²) in [5, 5.41) is 7.82. The molecule has 0 aliphatic carbocycles. The van der Waals surface area contributed by atoms with Crippen molar-refractivity contribution in [3.8, 4) is 0 Å². The van der Waals surface area contributed by atoms with Crippen LogP contribution in [0.4, 0.5) is 0 Å². The zero-order valence-corrected chi connectivity index (χ0v) is 19.3. The number of hydrogen-bond donors (Lipinski definition) is 1. The number of aromatic nitrogens is 2. The van der Waals surface area contributed by atoms with Crippen molar-refractivity contribution in [1.82, 2.24) is 19.4 Å². The molecule has 1 amide bonds. The van der Waals surface area contributed by atoms with Gasteiger partial charge in [0.05, 0.1) is 15.1 Å². The Morgan fingerprint density at radius 3 is 2.52 bits per heavy atom. The van der Waals surface area contributed by atoms with Crippen LogP contribution in [0.2, 0.25) is 5.02 Å². The Hall–Kier alpha value is -1.42. The molecule has 0 atom stereocenters. The predicted octanol–water partition coefficient (Wildman–Crippen LogP) is 3.21. The van der Waals surface area contributed by atoms with Gasteiger partial charge in [0.2, 0.25) is 15.9 Å². The number of hydrogen-bond acceptors (Lipinski definition) is 4. The van der Waals surface area contributed by atoms with Gasteiger partial charge in [0.1, 0.15) is 0 Å². The number of halogens is 2. The predicted molar refractivity (Wildman–Crippen MR) is 115 cm³/mol. The normalized spacial score (nSPS) is 16.1. The third-order valence-electron chi connectivity index (χ3n) is 5.03. The lowest BCUT2D eigenvalue weighted by atomic mass is 9.97. The van der Waals surface area contributed by atoms with Crippen molar-refractivity contribution in [3.63, 3.8) is 0 Å². The van der Waals surface area contributed by atoms with Crippen LogP contribution in [-0.4, -0.2) is 48.0 Å². The van der Waals surface area contributed by atoms with Gasteiger partial charge in [-0.3, -0.25) is 9.48 Å². The van der Waals surface area contributed by atoms with Gasteiger partial charge in [-0.15, -0.1) is 0 Å². The number of nitrogens with one attached hydrogen (secondary N) is 1. The van der Waals surface area contributed by atoms with Crippen LogP contribution < -0.4 is 5.32 Å². The largest absolute Gasteiger partial charge is 0.356 e. The van der Waals surface area contributed by atoms with Crippen LogP contribution in [0.5, 0.6) is 0 Å². The molecule has 7 nitrogen and oxygen atoms in total. The second-order valence-corrected chi connectivity index (χ2v) is 10.3. The number of rotatable bonds is 7. The van der Waals surface area contributed by atoms with E-state index in [4.69, 9.17) is 11.6 Å². The van der Waals surface area contributed by atoms with Gasteiger partial charge in [-0.2, -0.15) is 9.40 Å². The Morgan fingerprint density at radius 2 is 1.93 bits per heavy atom. The molecule has 0 radical (unpaired) electrons. The van der Waals surface area contributed by atoms with E-state index >= 15 is 0 Å². The van der Waals surface area contributed by atoms with Gasteiger partial charge in [0.15, 0.2) is 0 Å². The summed E-state index contributed by atoms with van der Waals surface area (Å²) in [5.74, 6) is -0.167. The molecule has 0 saturated carbocycles. The summed E-state index contributed by atoms with van der Waals surface area (Å²) in [6, 6.07) is 6.15. The monoisotopic (exact) mass is 502 g/mol. The van der Waals surface area contributed by atoms with Gasteiger partial charge in [-0.25, -0.2) is 8.42 Å². The van der Waals surface area contributed by atoms with Gasteiger partial charge in [0.25, 0.3) is 0 Å². The number of piperidine rings is 1. The lowest BCUT2D eigenvalue weighted by molar-refractivity contribution is -0.126. The van der Waals surface area contributed by atoms with Crippen molar-refractivity contribution in [2.24, 2.45) is 5.92 Å². The van der Waals surface area contributed by atoms with Crippen molar-refractivity contribution >= 4 is 43.5 Å². The molecule has 1 fully saturated rings. The molecular weight excluding hydrogens is 480 g/mol. The molecule has 1 aliphatic heterocycles. The van der Waals surface area contributed by atoms with Crippen molar-refractivity contribution in [2.45, 2.75) is 37.6 Å². The molecule has 2 aromatic rings. The number of nitrogens with zero attached hydrogens (tertiary/aromatic N) is 3. The van der Waals surface area contributed by atoms with E-state index in [0.29, 0.717) is 37.5 Å². The van der Waals surface area contributed by atoms with Gasteiger partial charge in [0, 0.05) is 43.3 Å². The van der Waals surface area contributed by atoms with E-state index in [0.717, 1.165) is 23.1 Å². The van der Waals surface area contributed by atoms with Gasteiger partial charge >= 0.3 is 0 Å². The Bertz CT molecular complexity index is 935. The highest BCUT2D eigenvalue weighted by atomic mass is 79.9. The first-order valence-corrected chi connectivity index (χ1v) is 12.1. The Kier molecular flexibility index (Phi) is 7.37. The van der Waals surface area contributed by atoms with E-state index in [-0.39, 0.29) is 16.7 Å². The molecule has 3 rings (SSSR count). The SMILES string of the molecule is Cc1nn(CCCNC(=O)C2CCN(S(=O)(=O)c3ccc(Cl)cc3)CC2)cc1Br. The number of carbonyl (C=O) groups excluding carboxylic acids is 1. The number of carbonyl (C=O) groups is 1. The molecule has 0 spiro atoms. The number of amides is 1. The second-order valence-electron chi connectivity index (χ2n) is 7.10. The molecule has 1 saturated heterocycles. The van der Waals surface area contributed by atoms with E-state index in [1.807, 2.05) is 17.8 Å². The molecule has 1 aromatic carbocycles. The Labute approximate surface area is 184 Å². The summed E-state index contributed by atoms with van der Waals surface area (Å²) in [4.78, 5) is 12.6. The van der Waals surface area contributed by atoms with Crippen molar-refractivity contribution in [3.05, 3.63) is 45.7 Å². The fourth-order valence-corrected chi connectivity index (χ4v) is 5.23. The van der Waals surface area contributed by atoms with Crippen LogP contribution >= 0.6 is 27.5 Å². The number of aryl methyl sites for hydroxylation is 2. The van der Waals surface area contributed by atoms with E-state index < -0.39 is 10.0 Å². The van der Waals surface area contributed by atoms with Gasteiger partial charge in [-0.05, 0) is 66.4 Å². The minimum atomic E-state index is -3.55. The van der Waals surface area contributed by atoms with E-state index in [1.165, 1.54) is 16.4 Å². The maximum atomic E-state index is 12.7. The van der Waals surface area contributed by atoms with Crippen LogP contribution in [0, 0.1) is 12.8 Å². The first kappa shape index (κ1) is 22.3. The summed E-state index contributed by atoms with van der Waals surface area (Å²) < 4.78 is 29.7. The molecule has 1 aliphatic rings. The minimum absolute atomic E-state index is 0.00799. The molecule has 0 bridgehead atoms. The van der Waals surface area contributed by atoms with Crippen LogP contribution in [0.3, 0.4) is 0 Å². The third kappa shape index (κ3) is 5.59. The Morgan fingerprint density at radius 1 is 1.28 bits per heavy atom. The number of sulfonamides is 1. The lowest BCUT2D eigenvalue weighted by Crippen LogP contribution is -2.43. The molecule has 158 valence electrons. The highest BCUT2D eigenvalue weighted by Gasteiger charge is 2.31. The topological polar surface area (TPSA) is 84.3 Å². The standard InChI is InChI=1S/C19H24BrClN4O3S/c1-14-18(20)13-24(23-14)10-2-9-22-19(26)15-7-11-25(12-8-15)29(27,28)17-5-3-16(21)4-6-17/h3-6,13,15H,2,7-12H2,1H3,(H,22,26). The minimum Gasteiger partial charge on any atom is -0.356 e. The summed E-state index contributed by atoms with van der Waals surface area (Å²) in [5.41, 5.74) is 0.939. The Balaban J connectivity index is 1.43. The second kappa shape index (κ2) is 9.59. The fraction of sp³-hybridized carbons (Fsp3) is 0.474. The molecule has 1 aromatic heterocycles. The molecule has 2 heterocycles. The fourth-order valence-electron chi connectivity index (χ4n) is 3.32. The van der Waals surface area contributed by atoms with Crippen LogP contribution in [0.25, 0.3) is 0 Å². The molecule has 0 unspecified atom stereocenters. The molecule has 10 heteroatoms. The average molecular weight is 504 g/mol. The van der Waals surface area contributed by atoms with Gasteiger partial charge < -0.3 is 5.32 Å². The van der Waals surface area contributed by atoms with Gasteiger partial charge in [-0.1, -0.05) is 11.6 Å². The van der Waals surface area contributed by atoms with Crippen LogP contribution in [0.15, 0.2) is 39.8 Å². The summed E-state index contributed by atoms with van der Waals surface area (Å²) in [6.07, 6.45) is 3.74. The van der Waals surface area contributed by atoms with Crippen LogP contribution in [0.1, 0.15) is 25.0 Å².